The molecule has 1 aromatic carbocycles. The van der Waals surface area contributed by atoms with Gasteiger partial charge in [-0.05, 0) is 25.1 Å². The largest absolute Gasteiger partial charge is 0.496 e. The van der Waals surface area contributed by atoms with Crippen LogP contribution in [-0.2, 0) is 16.6 Å². The first-order valence-corrected chi connectivity index (χ1v) is 5.82. The second kappa shape index (κ2) is 5.08. The number of rotatable bonds is 5. The minimum atomic E-state index is -0.648. The number of carbonyl (C=O) groups excluding carboxylic acids is 1. The van der Waals surface area contributed by atoms with Crippen molar-refractivity contribution >= 4 is 6.29 Å². The van der Waals surface area contributed by atoms with Crippen LogP contribution in [0.25, 0.3) is 0 Å². The van der Waals surface area contributed by atoms with Gasteiger partial charge in [0, 0.05) is 12.0 Å². The molecule has 0 aliphatic carbocycles. The predicted molar refractivity (Wildman–Crippen MR) is 68.8 cm³/mol. The highest BCUT2D eigenvalue weighted by molar-refractivity contribution is 5.70. The summed E-state index contributed by atoms with van der Waals surface area (Å²) in [6.07, 6.45) is 3.08. The number of hydrogen-bond acceptors (Lipinski definition) is 3. The van der Waals surface area contributed by atoms with E-state index in [1.165, 1.54) is 0 Å². The van der Waals surface area contributed by atoms with Crippen LogP contribution in [0.15, 0.2) is 47.1 Å². The number of carbonyl (C=O) groups is 1. The maximum absolute atomic E-state index is 11.5. The molecule has 0 bridgehead atoms. The van der Waals surface area contributed by atoms with E-state index in [0.717, 1.165) is 23.4 Å². The molecule has 0 fully saturated rings. The summed E-state index contributed by atoms with van der Waals surface area (Å²) in [5.74, 6) is 1.51. The average molecular weight is 244 g/mol. The second-order valence-electron chi connectivity index (χ2n) is 4.49. The van der Waals surface area contributed by atoms with Gasteiger partial charge in [0.25, 0.3) is 0 Å². The third kappa shape index (κ3) is 2.30. The van der Waals surface area contributed by atoms with E-state index in [9.17, 15) is 4.79 Å². The van der Waals surface area contributed by atoms with E-state index in [2.05, 4.69) is 0 Å². The topological polar surface area (TPSA) is 39.4 Å². The number of furan rings is 1. The lowest BCUT2D eigenvalue weighted by molar-refractivity contribution is -0.112. The smallest absolute Gasteiger partial charge is 0.130 e. The number of methoxy groups -OCH3 is 1. The van der Waals surface area contributed by atoms with Crippen molar-refractivity contribution in [3.8, 4) is 5.75 Å². The van der Waals surface area contributed by atoms with Gasteiger partial charge in [-0.2, -0.15) is 0 Å². The fraction of sp³-hybridized carbons (Fsp3) is 0.267. The summed E-state index contributed by atoms with van der Waals surface area (Å²) in [6, 6.07) is 11.3. The van der Waals surface area contributed by atoms with E-state index in [1.54, 1.807) is 13.4 Å². The van der Waals surface area contributed by atoms with Gasteiger partial charge in [-0.25, -0.2) is 0 Å². The van der Waals surface area contributed by atoms with Crippen LogP contribution in [0.5, 0.6) is 5.75 Å². The van der Waals surface area contributed by atoms with Crippen molar-refractivity contribution in [2.45, 2.75) is 18.8 Å². The van der Waals surface area contributed by atoms with E-state index >= 15 is 0 Å². The van der Waals surface area contributed by atoms with Crippen molar-refractivity contribution in [3.63, 3.8) is 0 Å². The van der Waals surface area contributed by atoms with Gasteiger partial charge in [0.05, 0.1) is 18.8 Å². The Hall–Kier alpha value is -2.03. The summed E-state index contributed by atoms with van der Waals surface area (Å²) in [5.41, 5.74) is 0.226. The molecule has 0 saturated carbocycles. The zero-order valence-corrected chi connectivity index (χ0v) is 10.6. The molecule has 1 atom stereocenters. The highest BCUT2D eigenvalue weighted by Gasteiger charge is 2.30. The van der Waals surface area contributed by atoms with Crippen molar-refractivity contribution < 1.29 is 13.9 Å². The highest BCUT2D eigenvalue weighted by atomic mass is 16.5. The van der Waals surface area contributed by atoms with Crippen LogP contribution in [0.1, 0.15) is 18.2 Å². The van der Waals surface area contributed by atoms with Crippen molar-refractivity contribution in [1.82, 2.24) is 0 Å². The Labute approximate surface area is 106 Å². The first-order valence-electron chi connectivity index (χ1n) is 5.82. The molecule has 2 aromatic rings. The Kier molecular flexibility index (Phi) is 3.51. The molecule has 0 radical (unpaired) electrons. The summed E-state index contributed by atoms with van der Waals surface area (Å²) in [6.45, 7) is 1.89. The molecule has 0 amide bonds. The van der Waals surface area contributed by atoms with Crippen LogP contribution >= 0.6 is 0 Å². The monoisotopic (exact) mass is 244 g/mol. The Morgan fingerprint density at radius 3 is 2.67 bits per heavy atom. The summed E-state index contributed by atoms with van der Waals surface area (Å²) < 4.78 is 10.6. The molecule has 1 heterocycles. The van der Waals surface area contributed by atoms with Crippen molar-refractivity contribution in [2.24, 2.45) is 0 Å². The molecule has 3 nitrogen and oxygen atoms in total. The molecule has 2 rings (SSSR count). The van der Waals surface area contributed by atoms with E-state index < -0.39 is 5.41 Å². The molecule has 0 spiro atoms. The number of aldehydes is 1. The fourth-order valence-corrected chi connectivity index (χ4v) is 2.09. The Bertz CT molecular complexity index is 516. The van der Waals surface area contributed by atoms with Gasteiger partial charge in [-0.1, -0.05) is 18.2 Å². The van der Waals surface area contributed by atoms with Crippen LogP contribution in [0, 0.1) is 0 Å². The first kappa shape index (κ1) is 12.4. The van der Waals surface area contributed by atoms with Crippen LogP contribution in [0.4, 0.5) is 0 Å². The van der Waals surface area contributed by atoms with Crippen molar-refractivity contribution in [2.75, 3.05) is 7.11 Å². The second-order valence-corrected chi connectivity index (χ2v) is 4.49. The highest BCUT2D eigenvalue weighted by Crippen LogP contribution is 2.33. The Balaban J connectivity index is 2.39. The van der Waals surface area contributed by atoms with Gasteiger partial charge in [0.15, 0.2) is 0 Å². The SMILES string of the molecule is COc1ccccc1C(C)(C=O)Cc1ccco1. The van der Waals surface area contributed by atoms with E-state index in [0.29, 0.717) is 6.42 Å². The maximum atomic E-state index is 11.5. The third-order valence-electron chi connectivity index (χ3n) is 3.10. The molecule has 1 aromatic heterocycles. The van der Waals surface area contributed by atoms with Gasteiger partial charge >= 0.3 is 0 Å². The van der Waals surface area contributed by atoms with Crippen LogP contribution in [0.3, 0.4) is 0 Å². The normalized spacial score (nSPS) is 13.9. The molecule has 0 N–H and O–H groups in total. The van der Waals surface area contributed by atoms with E-state index in [-0.39, 0.29) is 0 Å². The Morgan fingerprint density at radius 1 is 1.28 bits per heavy atom. The molecule has 94 valence electrons. The lowest BCUT2D eigenvalue weighted by Gasteiger charge is -2.24. The van der Waals surface area contributed by atoms with Crippen LogP contribution < -0.4 is 4.74 Å². The third-order valence-corrected chi connectivity index (χ3v) is 3.10. The molecule has 3 heteroatoms. The quantitative estimate of drug-likeness (QED) is 0.759. The number of para-hydroxylation sites is 1. The van der Waals surface area contributed by atoms with E-state index in [4.69, 9.17) is 9.15 Å². The van der Waals surface area contributed by atoms with Crippen molar-refractivity contribution in [1.29, 1.82) is 0 Å². The van der Waals surface area contributed by atoms with Crippen LogP contribution in [0.2, 0.25) is 0 Å². The summed E-state index contributed by atoms with van der Waals surface area (Å²) in [7, 11) is 1.61. The first-order chi connectivity index (χ1) is 8.69. The lowest BCUT2D eigenvalue weighted by Crippen LogP contribution is -2.27. The van der Waals surface area contributed by atoms with Crippen molar-refractivity contribution in [3.05, 3.63) is 54.0 Å². The van der Waals surface area contributed by atoms with Crippen LogP contribution in [-0.4, -0.2) is 13.4 Å². The maximum Gasteiger partial charge on any atom is 0.130 e. The molecular formula is C15H16O3. The number of hydrogen-bond donors (Lipinski definition) is 0. The molecular weight excluding hydrogens is 228 g/mol. The standard InChI is InChI=1S/C15H16O3/c1-15(11-16,10-12-6-5-9-18-12)13-7-3-4-8-14(13)17-2/h3-9,11H,10H2,1-2H3. The lowest BCUT2D eigenvalue weighted by atomic mass is 9.79. The molecule has 18 heavy (non-hydrogen) atoms. The van der Waals surface area contributed by atoms with Gasteiger partial charge < -0.3 is 13.9 Å². The average Bonchev–Trinajstić information content (AvgIpc) is 2.91. The van der Waals surface area contributed by atoms with Gasteiger partial charge in [0.2, 0.25) is 0 Å². The molecule has 1 unspecified atom stereocenters. The van der Waals surface area contributed by atoms with Gasteiger partial charge in [-0.3, -0.25) is 0 Å². The molecule has 0 saturated heterocycles. The fourth-order valence-electron chi connectivity index (χ4n) is 2.09. The zero-order valence-electron chi connectivity index (χ0n) is 10.6. The molecule has 0 aliphatic rings. The van der Waals surface area contributed by atoms with Gasteiger partial charge in [-0.15, -0.1) is 0 Å². The van der Waals surface area contributed by atoms with E-state index in [1.807, 2.05) is 43.3 Å². The predicted octanol–water partition coefficient (Wildman–Crippen LogP) is 2.99. The summed E-state index contributed by atoms with van der Waals surface area (Å²) >= 11 is 0. The molecule has 0 aliphatic heterocycles. The van der Waals surface area contributed by atoms with Gasteiger partial charge in [0.1, 0.15) is 17.8 Å². The minimum Gasteiger partial charge on any atom is -0.496 e. The number of ether oxygens (including phenoxy) is 1. The zero-order chi connectivity index (χ0) is 13.0. The summed E-state index contributed by atoms with van der Waals surface area (Å²) in [4.78, 5) is 11.5. The Morgan fingerprint density at radius 2 is 2.06 bits per heavy atom. The number of benzene rings is 1. The minimum absolute atomic E-state index is 0.518. The summed E-state index contributed by atoms with van der Waals surface area (Å²) in [5, 5.41) is 0.